The topological polar surface area (TPSA) is 9.23 Å². The van der Waals surface area contributed by atoms with Gasteiger partial charge in [0.2, 0.25) is 17.5 Å². The molecule has 0 atom stereocenters. The summed E-state index contributed by atoms with van der Waals surface area (Å²) in [5.74, 6) is -56.3. The molecular formula is C18H4F17O. The zero-order valence-corrected chi connectivity index (χ0v) is 16.2. The summed E-state index contributed by atoms with van der Waals surface area (Å²) in [4.78, 5) is 0. The first kappa shape index (κ1) is 29.3. The van der Waals surface area contributed by atoms with Crippen LogP contribution in [0, 0.1) is 59.3 Å². The SMILES string of the molecule is [CH2]C(F)(F)C(F)(F)C(F)(F)C(F)(F)COc1c(F)c(F)c(-c2c(F)c(F)c(F)c(F)c2F)c(F)c1F. The van der Waals surface area contributed by atoms with Crippen LogP contribution in [0.1, 0.15) is 0 Å². The van der Waals surface area contributed by atoms with Crippen LogP contribution in [0.2, 0.25) is 0 Å². The largest absolute Gasteiger partial charge is 0.481 e. The molecule has 0 saturated heterocycles. The van der Waals surface area contributed by atoms with Crippen LogP contribution in [-0.2, 0) is 0 Å². The Labute approximate surface area is 187 Å². The molecule has 0 fully saturated rings. The summed E-state index contributed by atoms with van der Waals surface area (Å²) in [5, 5.41) is 0. The summed E-state index contributed by atoms with van der Waals surface area (Å²) in [6.45, 7) is -2.09. The first-order valence-electron chi connectivity index (χ1n) is 8.41. The number of hydrogen-bond donors (Lipinski definition) is 0. The zero-order chi connectivity index (χ0) is 28.3. The number of halogens is 17. The second-order valence-corrected chi connectivity index (χ2v) is 6.75. The van der Waals surface area contributed by atoms with Crippen molar-refractivity contribution in [2.45, 2.75) is 23.7 Å². The standard InChI is InChI=1S/C18H4F17O/c1-15(28,29)17(32,33)18(34,35)16(30,31)2-36-14-12(26)7(21)4(8(22)13(14)27)3-5(19)9(23)11(25)10(24)6(3)20/h1-2H2. The second-order valence-electron chi connectivity index (χ2n) is 6.75. The van der Waals surface area contributed by atoms with Crippen molar-refractivity contribution in [1.82, 2.24) is 0 Å². The van der Waals surface area contributed by atoms with E-state index in [-0.39, 0.29) is 0 Å². The minimum atomic E-state index is -7.06. The van der Waals surface area contributed by atoms with E-state index in [1.54, 1.807) is 0 Å². The first-order valence-corrected chi connectivity index (χ1v) is 8.41. The molecule has 0 N–H and O–H groups in total. The maximum Gasteiger partial charge on any atom is 0.381 e. The highest BCUT2D eigenvalue weighted by Gasteiger charge is 2.79. The first-order chi connectivity index (χ1) is 16.0. The van der Waals surface area contributed by atoms with Gasteiger partial charge in [-0.15, -0.1) is 0 Å². The third kappa shape index (κ3) is 4.16. The Bertz CT molecular complexity index is 1140. The van der Waals surface area contributed by atoms with Crippen LogP contribution in [0.25, 0.3) is 11.1 Å². The molecule has 1 radical (unpaired) electrons. The van der Waals surface area contributed by atoms with Crippen LogP contribution in [0.15, 0.2) is 0 Å². The number of ether oxygens (including phenoxy) is 1. The van der Waals surface area contributed by atoms with Gasteiger partial charge in [0.25, 0.3) is 0 Å². The highest BCUT2D eigenvalue weighted by atomic mass is 19.4. The van der Waals surface area contributed by atoms with Crippen LogP contribution in [-0.4, -0.2) is 30.3 Å². The lowest BCUT2D eigenvalue weighted by atomic mass is 10.00. The summed E-state index contributed by atoms with van der Waals surface area (Å²) >= 11 is 0. The molecule has 1 nitrogen and oxygen atoms in total. The average Bonchev–Trinajstić information content (AvgIpc) is 2.76. The molecule has 0 aliphatic rings. The molecule has 0 amide bonds. The number of rotatable bonds is 7. The predicted octanol–water partition coefficient (Wildman–Crippen LogP) is 7.36. The van der Waals surface area contributed by atoms with Gasteiger partial charge in [-0.25, -0.2) is 30.7 Å². The summed E-state index contributed by atoms with van der Waals surface area (Å²) in [6, 6.07) is 0. The number of benzene rings is 2. The minimum Gasteiger partial charge on any atom is -0.481 e. The Morgan fingerprint density at radius 1 is 0.472 bits per heavy atom. The van der Waals surface area contributed by atoms with Gasteiger partial charge in [-0.3, -0.25) is 0 Å². The molecule has 0 aliphatic heterocycles. The van der Waals surface area contributed by atoms with Crippen LogP contribution >= 0.6 is 0 Å². The fraction of sp³-hybridized carbons (Fsp3) is 0.278. The van der Waals surface area contributed by atoms with Gasteiger partial charge >= 0.3 is 23.7 Å². The Morgan fingerprint density at radius 3 is 1.11 bits per heavy atom. The van der Waals surface area contributed by atoms with E-state index in [0.29, 0.717) is 0 Å². The third-order valence-electron chi connectivity index (χ3n) is 4.39. The van der Waals surface area contributed by atoms with E-state index < -0.39 is 99.5 Å². The predicted molar refractivity (Wildman–Crippen MR) is 82.1 cm³/mol. The summed E-state index contributed by atoms with van der Waals surface area (Å²) in [6.07, 6.45) is 0. The maximum absolute atomic E-state index is 14.2. The van der Waals surface area contributed by atoms with Gasteiger partial charge in [0.1, 0.15) is 0 Å². The number of alkyl halides is 8. The quantitative estimate of drug-likeness (QED) is 0.196. The van der Waals surface area contributed by atoms with Gasteiger partial charge in [-0.05, 0) is 0 Å². The van der Waals surface area contributed by atoms with Crippen molar-refractivity contribution < 1.29 is 79.4 Å². The van der Waals surface area contributed by atoms with Crippen LogP contribution < -0.4 is 4.74 Å². The van der Waals surface area contributed by atoms with Gasteiger partial charge in [-0.2, -0.15) is 43.9 Å². The maximum atomic E-state index is 14.2. The molecule has 0 saturated carbocycles. The van der Waals surface area contributed by atoms with E-state index in [2.05, 4.69) is 4.74 Å². The molecule has 2 aromatic carbocycles. The van der Waals surface area contributed by atoms with E-state index >= 15 is 0 Å². The molecule has 0 unspecified atom stereocenters. The van der Waals surface area contributed by atoms with Crippen LogP contribution in [0.5, 0.6) is 5.75 Å². The van der Waals surface area contributed by atoms with Crippen molar-refractivity contribution in [3.8, 4) is 16.9 Å². The van der Waals surface area contributed by atoms with Crippen molar-refractivity contribution >= 4 is 0 Å². The van der Waals surface area contributed by atoms with Gasteiger partial charge in [0.05, 0.1) is 11.1 Å². The van der Waals surface area contributed by atoms with Gasteiger partial charge in [0, 0.05) is 6.92 Å². The van der Waals surface area contributed by atoms with E-state index in [9.17, 15) is 74.6 Å². The molecule has 18 heteroatoms. The van der Waals surface area contributed by atoms with Crippen molar-refractivity contribution in [2.24, 2.45) is 0 Å². The lowest BCUT2D eigenvalue weighted by Crippen LogP contribution is -2.63. The highest BCUT2D eigenvalue weighted by Crippen LogP contribution is 2.52. The Kier molecular flexibility index (Phi) is 7.21. The van der Waals surface area contributed by atoms with E-state index in [1.165, 1.54) is 6.92 Å². The fourth-order valence-electron chi connectivity index (χ4n) is 2.49. The molecule has 2 rings (SSSR count). The summed E-state index contributed by atoms with van der Waals surface area (Å²) in [5.41, 5.74) is -5.24. The van der Waals surface area contributed by atoms with E-state index in [1.807, 2.05) is 0 Å². The van der Waals surface area contributed by atoms with Crippen LogP contribution in [0.3, 0.4) is 0 Å². The molecule has 201 valence electrons. The van der Waals surface area contributed by atoms with Crippen LogP contribution in [0.4, 0.5) is 74.6 Å². The molecule has 0 spiro atoms. The molecule has 0 bridgehead atoms. The molecule has 36 heavy (non-hydrogen) atoms. The van der Waals surface area contributed by atoms with Crippen molar-refractivity contribution in [3.63, 3.8) is 0 Å². The molecule has 0 aromatic heterocycles. The second kappa shape index (κ2) is 8.86. The zero-order valence-electron chi connectivity index (χ0n) is 16.2. The molecular weight excluding hydrogens is 555 g/mol. The summed E-state index contributed by atoms with van der Waals surface area (Å²) < 4.78 is 233. The highest BCUT2D eigenvalue weighted by molar-refractivity contribution is 5.68. The van der Waals surface area contributed by atoms with E-state index in [0.717, 1.165) is 0 Å². The minimum absolute atomic E-state index is 1.27. The smallest absolute Gasteiger partial charge is 0.381 e. The monoisotopic (exact) mass is 559 g/mol. The van der Waals surface area contributed by atoms with Crippen molar-refractivity contribution in [2.75, 3.05) is 6.61 Å². The van der Waals surface area contributed by atoms with Crippen molar-refractivity contribution in [1.29, 1.82) is 0 Å². The lowest BCUT2D eigenvalue weighted by Gasteiger charge is -2.35. The molecule has 0 aliphatic carbocycles. The fourth-order valence-corrected chi connectivity index (χ4v) is 2.49. The van der Waals surface area contributed by atoms with E-state index in [4.69, 9.17) is 0 Å². The summed E-state index contributed by atoms with van der Waals surface area (Å²) in [7, 11) is 0. The Hall–Kier alpha value is -2.95. The van der Waals surface area contributed by atoms with Crippen molar-refractivity contribution in [3.05, 3.63) is 59.3 Å². The van der Waals surface area contributed by atoms with Gasteiger partial charge < -0.3 is 4.74 Å². The third-order valence-corrected chi connectivity index (χ3v) is 4.39. The Balaban J connectivity index is 2.63. The molecule has 2 aromatic rings. The lowest BCUT2D eigenvalue weighted by molar-refractivity contribution is -0.359. The van der Waals surface area contributed by atoms with Gasteiger partial charge in [-0.1, -0.05) is 0 Å². The van der Waals surface area contributed by atoms with Gasteiger partial charge in [0.15, 0.2) is 47.3 Å². The average molecular weight is 559 g/mol. The Morgan fingerprint density at radius 2 is 0.778 bits per heavy atom. The normalized spacial score (nSPS) is 13.4. The molecule has 0 heterocycles. The number of hydrogen-bond acceptors (Lipinski definition) is 1.